The van der Waals surface area contributed by atoms with Crippen molar-refractivity contribution in [1.29, 1.82) is 0 Å². The number of hydrogen-bond acceptors (Lipinski definition) is 4. The average Bonchev–Trinajstić information content (AvgIpc) is 2.61. The van der Waals surface area contributed by atoms with E-state index in [2.05, 4.69) is 18.2 Å². The van der Waals surface area contributed by atoms with Crippen LogP contribution in [0.1, 0.15) is 40.0 Å². The van der Waals surface area contributed by atoms with Gasteiger partial charge in [0.15, 0.2) is 5.54 Å². The number of ether oxygens (including phenoxy) is 1. The number of carboxylic acids is 1. The summed E-state index contributed by atoms with van der Waals surface area (Å²) >= 11 is 0. The van der Waals surface area contributed by atoms with Crippen LogP contribution in [0.15, 0.2) is 29.8 Å². The Hall–Kier alpha value is -1.91. The number of hydrogen-bond donors (Lipinski definition) is 1. The Bertz CT molecular complexity index is 408. The lowest BCUT2D eigenvalue weighted by Crippen LogP contribution is -2.25. The van der Waals surface area contributed by atoms with Gasteiger partial charge in [-0.3, -0.25) is 0 Å². The second-order valence-corrected chi connectivity index (χ2v) is 4.61. The number of nitrogens with zero attached hydrogens (tertiary/aromatic N) is 1. The predicted molar refractivity (Wildman–Crippen MR) is 74.1 cm³/mol. The van der Waals surface area contributed by atoms with Gasteiger partial charge in [-0.05, 0) is 32.8 Å². The molecule has 5 heteroatoms. The molecule has 0 aromatic carbocycles. The molecule has 0 fully saturated rings. The second-order valence-electron chi connectivity index (χ2n) is 4.61. The van der Waals surface area contributed by atoms with Crippen molar-refractivity contribution in [2.45, 2.75) is 45.6 Å². The Morgan fingerprint density at radius 3 is 2.37 bits per heavy atom. The van der Waals surface area contributed by atoms with Crippen molar-refractivity contribution < 1.29 is 19.4 Å². The molecule has 1 aliphatic heterocycles. The zero-order chi connectivity index (χ0) is 15.1. The third kappa shape index (κ3) is 5.99. The molecule has 0 bridgehead atoms. The molecule has 5 nitrogen and oxygen atoms in total. The first-order chi connectivity index (χ1) is 8.74. The predicted octanol–water partition coefficient (Wildman–Crippen LogP) is 2.72. The molecule has 0 saturated carbocycles. The molecule has 0 aromatic rings. The molecular weight excluding hydrogens is 246 g/mol. The van der Waals surface area contributed by atoms with Gasteiger partial charge in [0, 0.05) is 5.57 Å². The van der Waals surface area contributed by atoms with E-state index in [-0.39, 0.29) is 5.97 Å². The third-order valence-electron chi connectivity index (χ3n) is 2.40. The van der Waals surface area contributed by atoms with Crippen LogP contribution in [0.4, 0.5) is 0 Å². The van der Waals surface area contributed by atoms with E-state index in [1.165, 1.54) is 6.08 Å². The Labute approximate surface area is 113 Å². The highest BCUT2D eigenvalue weighted by atomic mass is 16.6. The standard InChI is InChI=1S/C7H9NO2.C7H12O2/c1-4-5-8-7(2,3)6(9)10-5;1-3-4-5-6(2)7(8)9/h4H,1H2,2-3H3;2-5H2,1H3,(H,8,9). The van der Waals surface area contributed by atoms with Crippen molar-refractivity contribution in [2.75, 3.05) is 0 Å². The normalized spacial score (nSPS) is 15.7. The monoisotopic (exact) mass is 267 g/mol. The summed E-state index contributed by atoms with van der Waals surface area (Å²) in [5, 5.41) is 8.31. The number of esters is 1. The smallest absolute Gasteiger partial charge is 0.340 e. The Kier molecular flexibility index (Phi) is 6.75. The van der Waals surface area contributed by atoms with Crippen molar-refractivity contribution in [3.05, 3.63) is 24.8 Å². The highest BCUT2D eigenvalue weighted by Crippen LogP contribution is 2.18. The SMILES string of the molecule is C=C(CCCC)C(=O)O.C=CC1=NC(C)(C)C(=O)O1. The summed E-state index contributed by atoms with van der Waals surface area (Å²) in [5.74, 6) is -0.874. The molecule has 1 aliphatic rings. The molecular formula is C14H21NO4. The van der Waals surface area contributed by atoms with Crippen LogP contribution < -0.4 is 0 Å². The molecule has 0 aromatic heterocycles. The highest BCUT2D eigenvalue weighted by Gasteiger charge is 2.35. The minimum atomic E-state index is -0.872. The fourth-order valence-electron chi connectivity index (χ4n) is 1.15. The number of carbonyl (C=O) groups is 2. The van der Waals surface area contributed by atoms with E-state index >= 15 is 0 Å². The summed E-state index contributed by atoms with van der Waals surface area (Å²) in [6, 6.07) is 0. The van der Waals surface area contributed by atoms with Gasteiger partial charge in [0.05, 0.1) is 0 Å². The van der Waals surface area contributed by atoms with Gasteiger partial charge < -0.3 is 9.84 Å². The molecule has 106 valence electrons. The van der Waals surface area contributed by atoms with E-state index in [0.29, 0.717) is 17.9 Å². The summed E-state index contributed by atoms with van der Waals surface area (Å²) in [4.78, 5) is 24.9. The molecule has 0 saturated heterocycles. The summed E-state index contributed by atoms with van der Waals surface area (Å²) in [7, 11) is 0. The third-order valence-corrected chi connectivity index (χ3v) is 2.40. The Morgan fingerprint density at radius 1 is 1.53 bits per heavy atom. The minimum Gasteiger partial charge on any atom is -0.478 e. The summed E-state index contributed by atoms with van der Waals surface area (Å²) in [6.07, 6.45) is 3.98. The summed E-state index contributed by atoms with van der Waals surface area (Å²) < 4.78 is 4.72. The van der Waals surface area contributed by atoms with E-state index < -0.39 is 11.5 Å². The molecule has 1 heterocycles. The van der Waals surface area contributed by atoms with Crippen molar-refractivity contribution in [3.8, 4) is 0 Å². The average molecular weight is 267 g/mol. The van der Waals surface area contributed by atoms with Crippen LogP contribution in [0, 0.1) is 0 Å². The van der Waals surface area contributed by atoms with Crippen LogP contribution in [-0.2, 0) is 14.3 Å². The molecule has 0 aliphatic carbocycles. The van der Waals surface area contributed by atoms with E-state index in [1.807, 2.05) is 6.92 Å². The maximum absolute atomic E-state index is 10.9. The van der Waals surface area contributed by atoms with Gasteiger partial charge in [-0.2, -0.15) is 0 Å². The number of aliphatic carboxylic acids is 1. The first-order valence-electron chi connectivity index (χ1n) is 6.10. The van der Waals surface area contributed by atoms with E-state index in [4.69, 9.17) is 9.84 Å². The number of carboxylic acid groups (broad SMARTS) is 1. The lowest BCUT2D eigenvalue weighted by molar-refractivity contribution is -0.137. The fraction of sp³-hybridized carbons (Fsp3) is 0.500. The molecule has 0 radical (unpaired) electrons. The van der Waals surface area contributed by atoms with Crippen LogP contribution in [-0.4, -0.2) is 28.5 Å². The van der Waals surface area contributed by atoms with Gasteiger partial charge in [-0.1, -0.05) is 26.5 Å². The van der Waals surface area contributed by atoms with Gasteiger partial charge in [0.25, 0.3) is 0 Å². The van der Waals surface area contributed by atoms with E-state index in [1.54, 1.807) is 13.8 Å². The van der Waals surface area contributed by atoms with Crippen LogP contribution in [0.25, 0.3) is 0 Å². The van der Waals surface area contributed by atoms with Gasteiger partial charge in [0.2, 0.25) is 5.90 Å². The lowest BCUT2D eigenvalue weighted by Gasteiger charge is -2.05. The molecule has 0 atom stereocenters. The van der Waals surface area contributed by atoms with Crippen molar-refractivity contribution in [3.63, 3.8) is 0 Å². The quantitative estimate of drug-likeness (QED) is 0.613. The summed E-state index contributed by atoms with van der Waals surface area (Å²) in [5.41, 5.74) is -0.402. The first kappa shape index (κ1) is 17.1. The van der Waals surface area contributed by atoms with Gasteiger partial charge in [-0.25, -0.2) is 14.6 Å². The molecule has 0 amide bonds. The van der Waals surface area contributed by atoms with Crippen LogP contribution in [0.2, 0.25) is 0 Å². The molecule has 0 spiro atoms. The number of unbranched alkanes of at least 4 members (excludes halogenated alkanes) is 1. The number of cyclic esters (lactones) is 1. The molecule has 1 N–H and O–H groups in total. The number of aliphatic imine (C=N–C) groups is 1. The van der Waals surface area contributed by atoms with Gasteiger partial charge in [0.1, 0.15) is 0 Å². The molecule has 1 rings (SSSR count). The van der Waals surface area contributed by atoms with Gasteiger partial charge in [-0.15, -0.1) is 0 Å². The fourth-order valence-corrected chi connectivity index (χ4v) is 1.15. The van der Waals surface area contributed by atoms with Crippen LogP contribution >= 0.6 is 0 Å². The van der Waals surface area contributed by atoms with E-state index in [9.17, 15) is 9.59 Å². The van der Waals surface area contributed by atoms with Crippen molar-refractivity contribution >= 4 is 17.8 Å². The molecule has 0 unspecified atom stereocenters. The topological polar surface area (TPSA) is 76.0 Å². The zero-order valence-electron chi connectivity index (χ0n) is 11.7. The van der Waals surface area contributed by atoms with Gasteiger partial charge >= 0.3 is 11.9 Å². The van der Waals surface area contributed by atoms with Crippen molar-refractivity contribution in [2.24, 2.45) is 4.99 Å². The first-order valence-corrected chi connectivity index (χ1v) is 6.10. The number of rotatable bonds is 5. The Balaban J connectivity index is 0.000000344. The summed E-state index contributed by atoms with van der Waals surface area (Å²) in [6.45, 7) is 12.3. The number of carbonyl (C=O) groups excluding carboxylic acids is 1. The van der Waals surface area contributed by atoms with E-state index in [0.717, 1.165) is 12.8 Å². The Morgan fingerprint density at radius 2 is 2.11 bits per heavy atom. The second kappa shape index (κ2) is 7.51. The van der Waals surface area contributed by atoms with Crippen molar-refractivity contribution in [1.82, 2.24) is 0 Å². The van der Waals surface area contributed by atoms with Crippen LogP contribution in [0.5, 0.6) is 0 Å². The maximum Gasteiger partial charge on any atom is 0.340 e. The zero-order valence-corrected chi connectivity index (χ0v) is 11.7. The maximum atomic E-state index is 10.9. The minimum absolute atomic E-state index is 0.315. The van der Waals surface area contributed by atoms with Crippen LogP contribution in [0.3, 0.4) is 0 Å². The lowest BCUT2D eigenvalue weighted by atomic mass is 10.1. The largest absolute Gasteiger partial charge is 0.478 e. The molecule has 19 heavy (non-hydrogen) atoms. The highest BCUT2D eigenvalue weighted by molar-refractivity contribution is 6.04.